The number of rotatable bonds is 5. The summed E-state index contributed by atoms with van der Waals surface area (Å²) in [5.41, 5.74) is 1.57. The Kier molecular flexibility index (Phi) is 4.13. The third kappa shape index (κ3) is 2.57. The third-order valence-electron chi connectivity index (χ3n) is 1.81. The minimum atomic E-state index is 0.0707. The zero-order valence-electron chi connectivity index (χ0n) is 8.08. The molecule has 0 fully saturated rings. The number of aliphatic hydroxyl groups excluding tert-OH is 1. The van der Waals surface area contributed by atoms with E-state index in [2.05, 4.69) is 10.5 Å². The lowest BCUT2D eigenvalue weighted by atomic mass is 10.2. The number of anilines is 2. The molecule has 14 heavy (non-hydrogen) atoms. The summed E-state index contributed by atoms with van der Waals surface area (Å²) in [6, 6.07) is 5.42. The predicted octanol–water partition coefficient (Wildman–Crippen LogP) is 0.595. The van der Waals surface area contributed by atoms with Crippen molar-refractivity contribution < 1.29 is 9.84 Å². The molecular weight excluding hydrogens is 179 g/mol. The van der Waals surface area contributed by atoms with Crippen LogP contribution < -0.4 is 15.3 Å². The second-order valence-electron chi connectivity index (χ2n) is 2.71. The van der Waals surface area contributed by atoms with E-state index in [-0.39, 0.29) is 6.61 Å². The van der Waals surface area contributed by atoms with Gasteiger partial charge < -0.3 is 20.4 Å². The van der Waals surface area contributed by atoms with Crippen LogP contribution in [0, 0.1) is 0 Å². The molecule has 1 aromatic carbocycles. The van der Waals surface area contributed by atoms with Gasteiger partial charge >= 0.3 is 0 Å². The van der Waals surface area contributed by atoms with Gasteiger partial charge in [-0.15, -0.1) is 0 Å². The van der Waals surface area contributed by atoms with E-state index in [1.807, 2.05) is 6.07 Å². The van der Waals surface area contributed by atoms with Crippen LogP contribution in [0.4, 0.5) is 11.4 Å². The smallest absolute Gasteiger partial charge is 0.222 e. The van der Waals surface area contributed by atoms with Crippen LogP contribution in [-0.2, 0) is 0 Å². The number of hydrogen-bond donors (Lipinski definition) is 3. The van der Waals surface area contributed by atoms with Crippen LogP contribution in [0.15, 0.2) is 18.2 Å². The normalized spacial score (nSPS) is 9.57. The second-order valence-corrected chi connectivity index (χ2v) is 2.71. The Morgan fingerprint density at radius 2 is 2.21 bits per heavy atom. The lowest BCUT2D eigenvalue weighted by Gasteiger charge is -2.12. The van der Waals surface area contributed by atoms with E-state index in [0.29, 0.717) is 6.54 Å². The van der Waals surface area contributed by atoms with Crippen molar-refractivity contribution in [2.45, 2.75) is 0 Å². The maximum absolute atomic E-state index is 8.67. The van der Waals surface area contributed by atoms with Crippen LogP contribution >= 0.6 is 0 Å². The van der Waals surface area contributed by atoms with Gasteiger partial charge in [-0.3, -0.25) is 0 Å². The van der Waals surface area contributed by atoms with E-state index in [4.69, 9.17) is 17.8 Å². The highest BCUT2D eigenvalue weighted by molar-refractivity contribution is 6.17. The van der Waals surface area contributed by atoms with E-state index in [9.17, 15) is 0 Å². The van der Waals surface area contributed by atoms with Crippen molar-refractivity contribution >= 4 is 19.4 Å². The minimum Gasteiger partial charge on any atom is -0.497 e. The lowest BCUT2D eigenvalue weighted by molar-refractivity contribution is 0.311. The van der Waals surface area contributed by atoms with Crippen molar-refractivity contribution in [1.29, 1.82) is 0 Å². The molecular formula is C9H13BN2O2. The molecule has 0 aliphatic rings. The molecule has 0 aliphatic heterocycles. The Morgan fingerprint density at radius 3 is 2.79 bits per heavy atom. The fourth-order valence-corrected chi connectivity index (χ4v) is 1.11. The van der Waals surface area contributed by atoms with Gasteiger partial charge in [0.05, 0.1) is 19.4 Å². The summed E-state index contributed by atoms with van der Waals surface area (Å²) in [6.45, 7) is 0.545. The Balaban J connectivity index is 2.84. The topological polar surface area (TPSA) is 53.5 Å². The molecule has 1 aromatic rings. The molecule has 0 aliphatic carbocycles. The number of aliphatic hydroxyl groups is 1. The zero-order valence-corrected chi connectivity index (χ0v) is 8.08. The van der Waals surface area contributed by atoms with Crippen molar-refractivity contribution in [3.63, 3.8) is 0 Å². The van der Waals surface area contributed by atoms with Gasteiger partial charge in [0, 0.05) is 18.3 Å². The van der Waals surface area contributed by atoms with Crippen LogP contribution in [0.25, 0.3) is 0 Å². The summed E-state index contributed by atoms with van der Waals surface area (Å²) in [5.74, 6) is 0.740. The number of hydrogen-bond acceptors (Lipinski definition) is 4. The van der Waals surface area contributed by atoms with E-state index in [0.717, 1.165) is 17.1 Å². The molecule has 0 heterocycles. The first-order chi connectivity index (χ1) is 6.81. The average Bonchev–Trinajstić information content (AvgIpc) is 2.25. The number of nitrogens with one attached hydrogen (secondary N) is 2. The second kappa shape index (κ2) is 5.39. The molecule has 4 nitrogen and oxygen atoms in total. The van der Waals surface area contributed by atoms with Crippen LogP contribution in [0.5, 0.6) is 5.75 Å². The Labute approximate surface area is 84.7 Å². The molecule has 3 N–H and O–H groups in total. The van der Waals surface area contributed by atoms with Crippen molar-refractivity contribution in [3.05, 3.63) is 18.2 Å². The standard InChI is InChI=1S/C9H13BN2O2/c1-14-7-2-3-8(12-10)9(6-7)11-4-5-13/h2-3,6,11-13H,4-5H2,1H3. The summed E-state index contributed by atoms with van der Waals surface area (Å²) in [6.07, 6.45) is 0. The molecule has 5 heteroatoms. The van der Waals surface area contributed by atoms with E-state index in [1.54, 1.807) is 19.2 Å². The van der Waals surface area contributed by atoms with Gasteiger partial charge in [-0.2, -0.15) is 0 Å². The number of ether oxygens (including phenoxy) is 1. The van der Waals surface area contributed by atoms with Gasteiger partial charge in [0.25, 0.3) is 0 Å². The minimum absolute atomic E-state index is 0.0707. The SMILES string of the molecule is [B]Nc1ccc(OC)cc1NCCO. The third-order valence-corrected chi connectivity index (χ3v) is 1.81. The lowest BCUT2D eigenvalue weighted by Crippen LogP contribution is -2.07. The van der Waals surface area contributed by atoms with Crippen LogP contribution in [0.1, 0.15) is 0 Å². The highest BCUT2D eigenvalue weighted by Crippen LogP contribution is 2.26. The average molecular weight is 192 g/mol. The summed E-state index contributed by atoms with van der Waals surface area (Å²) in [4.78, 5) is 0. The Hall–Kier alpha value is -1.36. The monoisotopic (exact) mass is 192 g/mol. The summed E-state index contributed by atoms with van der Waals surface area (Å²) in [5, 5.41) is 14.2. The fourth-order valence-electron chi connectivity index (χ4n) is 1.11. The highest BCUT2D eigenvalue weighted by atomic mass is 16.5. The van der Waals surface area contributed by atoms with Crippen LogP contribution in [-0.4, -0.2) is 33.3 Å². The van der Waals surface area contributed by atoms with Crippen molar-refractivity contribution in [1.82, 2.24) is 0 Å². The maximum atomic E-state index is 8.67. The molecule has 2 radical (unpaired) electrons. The molecule has 0 unspecified atom stereocenters. The van der Waals surface area contributed by atoms with Gasteiger partial charge in [0.1, 0.15) is 5.75 Å². The van der Waals surface area contributed by atoms with E-state index >= 15 is 0 Å². The van der Waals surface area contributed by atoms with Gasteiger partial charge in [0.15, 0.2) is 0 Å². The Morgan fingerprint density at radius 1 is 1.43 bits per heavy atom. The molecule has 0 bridgehead atoms. The summed E-state index contributed by atoms with van der Waals surface area (Å²) < 4.78 is 5.06. The largest absolute Gasteiger partial charge is 0.497 e. The van der Waals surface area contributed by atoms with E-state index < -0.39 is 0 Å². The Bertz CT molecular complexity index is 294. The van der Waals surface area contributed by atoms with Crippen molar-refractivity contribution in [2.24, 2.45) is 0 Å². The molecule has 0 aromatic heterocycles. The molecule has 1 rings (SSSR count). The molecule has 74 valence electrons. The highest BCUT2D eigenvalue weighted by Gasteiger charge is 2.01. The maximum Gasteiger partial charge on any atom is 0.222 e. The van der Waals surface area contributed by atoms with Gasteiger partial charge in [-0.1, -0.05) is 0 Å². The predicted molar refractivity (Wildman–Crippen MR) is 57.9 cm³/mol. The molecule has 0 amide bonds. The first kappa shape index (κ1) is 10.7. The molecule has 0 saturated carbocycles. The zero-order chi connectivity index (χ0) is 10.4. The molecule has 0 atom stereocenters. The first-order valence-electron chi connectivity index (χ1n) is 4.31. The number of methoxy groups -OCH3 is 1. The fraction of sp³-hybridized carbons (Fsp3) is 0.333. The quantitative estimate of drug-likeness (QED) is 0.597. The van der Waals surface area contributed by atoms with Crippen molar-refractivity contribution in [2.75, 3.05) is 30.8 Å². The first-order valence-corrected chi connectivity index (χ1v) is 4.31. The van der Waals surface area contributed by atoms with Crippen molar-refractivity contribution in [3.8, 4) is 5.75 Å². The molecule has 0 saturated heterocycles. The molecule has 0 spiro atoms. The van der Waals surface area contributed by atoms with Gasteiger partial charge in [-0.05, 0) is 12.1 Å². The van der Waals surface area contributed by atoms with Gasteiger partial charge in [-0.25, -0.2) is 0 Å². The number of benzene rings is 1. The summed E-state index contributed by atoms with van der Waals surface area (Å²) >= 11 is 0. The van der Waals surface area contributed by atoms with E-state index in [1.165, 1.54) is 0 Å². The summed E-state index contributed by atoms with van der Waals surface area (Å²) in [7, 11) is 6.92. The van der Waals surface area contributed by atoms with Crippen LogP contribution in [0.3, 0.4) is 0 Å². The van der Waals surface area contributed by atoms with Gasteiger partial charge in [0.2, 0.25) is 7.98 Å². The van der Waals surface area contributed by atoms with Crippen LogP contribution in [0.2, 0.25) is 0 Å².